The third-order valence-corrected chi connectivity index (χ3v) is 7.36. The van der Waals surface area contributed by atoms with E-state index in [9.17, 15) is 36.0 Å². The third-order valence-electron chi connectivity index (χ3n) is 5.83. The second-order valence-corrected chi connectivity index (χ2v) is 9.99. The molecule has 0 spiro atoms. The highest BCUT2D eigenvalue weighted by Crippen LogP contribution is 2.34. The molecule has 3 rings (SSSR count). The predicted octanol–water partition coefficient (Wildman–Crippen LogP) is 3.51. The number of carbonyl (C=O) groups is 1. The van der Waals surface area contributed by atoms with Crippen LogP contribution in [0.4, 0.5) is 17.6 Å². The quantitative estimate of drug-likeness (QED) is 0.589. The largest absolute Gasteiger partial charge is 0.417 e. The summed E-state index contributed by atoms with van der Waals surface area (Å²) in [5, 5.41) is 9.18. The Kier molecular flexibility index (Phi) is 7.67. The van der Waals surface area contributed by atoms with Crippen molar-refractivity contribution >= 4 is 15.9 Å². The smallest absolute Gasteiger partial charge is 0.341 e. The van der Waals surface area contributed by atoms with E-state index in [-0.39, 0.29) is 19.0 Å². The lowest BCUT2D eigenvalue weighted by Gasteiger charge is -2.33. The Morgan fingerprint density at radius 2 is 1.94 bits per heavy atom. The number of amides is 1. The summed E-state index contributed by atoms with van der Waals surface area (Å²) in [6, 6.07) is 5.00. The number of alkyl halides is 3. The van der Waals surface area contributed by atoms with E-state index in [1.165, 1.54) is 9.47 Å². The molecule has 7 nitrogen and oxygen atoms in total. The van der Waals surface area contributed by atoms with Crippen molar-refractivity contribution in [2.24, 2.45) is 5.92 Å². The number of nitrogens with zero attached hydrogens (tertiary/aromatic N) is 3. The number of benzene rings is 1. The van der Waals surface area contributed by atoms with E-state index in [2.05, 4.69) is 4.72 Å². The molecule has 1 atom stereocenters. The number of hydrogen-bond acceptors (Lipinski definition) is 4. The van der Waals surface area contributed by atoms with Crippen LogP contribution in [0.15, 0.2) is 41.4 Å². The Bertz CT molecular complexity index is 1180. The topological polar surface area (TPSA) is 95.2 Å². The maximum atomic E-state index is 13.5. The fourth-order valence-electron chi connectivity index (χ4n) is 3.87. The van der Waals surface area contributed by atoms with Gasteiger partial charge < -0.3 is 9.47 Å². The van der Waals surface area contributed by atoms with Gasteiger partial charge in [0.1, 0.15) is 23.6 Å². The first kappa shape index (κ1) is 25.7. The van der Waals surface area contributed by atoms with Crippen LogP contribution in [0, 0.1) is 23.1 Å². The normalized spacial score (nSPS) is 16.3. The number of nitriles is 1. The molecule has 1 N–H and O–H groups in total. The number of nitrogens with one attached hydrogen (secondary N) is 1. The van der Waals surface area contributed by atoms with Gasteiger partial charge in [0.25, 0.3) is 0 Å². The van der Waals surface area contributed by atoms with Gasteiger partial charge in [-0.3, -0.25) is 4.79 Å². The van der Waals surface area contributed by atoms with Gasteiger partial charge in [0.2, 0.25) is 15.9 Å². The van der Waals surface area contributed by atoms with Gasteiger partial charge in [-0.1, -0.05) is 6.92 Å². The van der Waals surface area contributed by atoms with E-state index in [1.54, 1.807) is 18.3 Å². The van der Waals surface area contributed by atoms with Gasteiger partial charge in [-0.15, -0.1) is 0 Å². The number of halogens is 4. The number of aryl methyl sites for hydroxylation is 1. The molecule has 1 unspecified atom stereocenters. The standard InChI is InChI=1S/C22H24F4N4O3S/c1-15-6-10-30(11-7-15)21(31)19(8-12-29-9-2-3-17(29)14-27)28-34(32,33)20-5-4-16(23)13-18(20)22(24,25)26/h2-5,9,13,15,19,28H,6-8,10-12H2,1H3. The fraction of sp³-hybridized carbons (Fsp3) is 0.455. The Hall–Kier alpha value is -2.91. The summed E-state index contributed by atoms with van der Waals surface area (Å²) in [5.74, 6) is -1.40. The van der Waals surface area contributed by atoms with E-state index in [1.807, 2.05) is 13.0 Å². The average Bonchev–Trinajstić information content (AvgIpc) is 3.23. The molecule has 1 aromatic heterocycles. The molecule has 1 aliphatic heterocycles. The molecule has 2 aromatic rings. The highest BCUT2D eigenvalue weighted by atomic mass is 32.2. The zero-order valence-corrected chi connectivity index (χ0v) is 19.2. The second kappa shape index (κ2) is 10.1. The van der Waals surface area contributed by atoms with Crippen molar-refractivity contribution < 1.29 is 30.8 Å². The van der Waals surface area contributed by atoms with Crippen LogP contribution in [0.25, 0.3) is 0 Å². The van der Waals surface area contributed by atoms with Gasteiger partial charge in [0.15, 0.2) is 0 Å². The Morgan fingerprint density at radius 3 is 2.56 bits per heavy atom. The maximum absolute atomic E-state index is 13.5. The number of piperidine rings is 1. The highest BCUT2D eigenvalue weighted by Gasteiger charge is 2.39. The monoisotopic (exact) mass is 500 g/mol. The van der Waals surface area contributed by atoms with Crippen LogP contribution in [0.3, 0.4) is 0 Å². The molecule has 2 heterocycles. The summed E-state index contributed by atoms with van der Waals surface area (Å²) in [6.07, 6.45) is -2.20. The molecule has 1 saturated heterocycles. The van der Waals surface area contributed by atoms with E-state index in [0.717, 1.165) is 12.8 Å². The van der Waals surface area contributed by atoms with Crippen molar-refractivity contribution in [2.45, 2.75) is 49.8 Å². The fourth-order valence-corrected chi connectivity index (χ4v) is 5.30. The summed E-state index contributed by atoms with van der Waals surface area (Å²) in [5.41, 5.74) is -1.37. The third kappa shape index (κ3) is 5.95. The molecular weight excluding hydrogens is 476 g/mol. The van der Waals surface area contributed by atoms with Gasteiger partial charge in [-0.05, 0) is 55.5 Å². The first-order valence-corrected chi connectivity index (χ1v) is 12.1. The summed E-state index contributed by atoms with van der Waals surface area (Å²) in [4.78, 5) is 13.5. The molecule has 1 aromatic carbocycles. The number of sulfonamides is 1. The Balaban J connectivity index is 1.91. The van der Waals surface area contributed by atoms with Crippen LogP contribution in [0.5, 0.6) is 0 Å². The van der Waals surface area contributed by atoms with Crippen molar-refractivity contribution in [1.82, 2.24) is 14.2 Å². The molecule has 0 aliphatic carbocycles. The van der Waals surface area contributed by atoms with E-state index in [4.69, 9.17) is 0 Å². The number of hydrogen-bond donors (Lipinski definition) is 1. The maximum Gasteiger partial charge on any atom is 0.417 e. The number of carbonyl (C=O) groups excluding carboxylic acids is 1. The van der Waals surface area contributed by atoms with Gasteiger partial charge in [0, 0.05) is 25.8 Å². The number of aromatic nitrogens is 1. The molecule has 184 valence electrons. The van der Waals surface area contributed by atoms with Crippen molar-refractivity contribution in [1.29, 1.82) is 5.26 Å². The number of likely N-dealkylation sites (tertiary alicyclic amines) is 1. The zero-order chi connectivity index (χ0) is 25.1. The first-order valence-electron chi connectivity index (χ1n) is 10.7. The van der Waals surface area contributed by atoms with Crippen LogP contribution in [0.1, 0.15) is 37.4 Å². The Labute approximate surface area is 195 Å². The molecule has 0 bridgehead atoms. The van der Waals surface area contributed by atoms with Gasteiger partial charge in [-0.25, -0.2) is 12.8 Å². The minimum atomic E-state index is -5.12. The van der Waals surface area contributed by atoms with Crippen molar-refractivity contribution in [3.63, 3.8) is 0 Å². The van der Waals surface area contributed by atoms with Crippen LogP contribution < -0.4 is 4.72 Å². The van der Waals surface area contributed by atoms with Crippen molar-refractivity contribution in [3.05, 3.63) is 53.6 Å². The lowest BCUT2D eigenvalue weighted by Crippen LogP contribution is -2.51. The predicted molar refractivity (Wildman–Crippen MR) is 114 cm³/mol. The first-order chi connectivity index (χ1) is 15.9. The van der Waals surface area contributed by atoms with Crippen molar-refractivity contribution in [2.75, 3.05) is 13.1 Å². The molecule has 1 fully saturated rings. The van der Waals surface area contributed by atoms with Gasteiger partial charge in [-0.2, -0.15) is 23.2 Å². The van der Waals surface area contributed by atoms with Crippen LogP contribution in [-0.4, -0.2) is 42.9 Å². The molecular formula is C22H24F4N4O3S. The molecule has 12 heteroatoms. The molecule has 1 amide bonds. The van der Waals surface area contributed by atoms with Crippen molar-refractivity contribution in [3.8, 4) is 6.07 Å². The molecule has 0 radical (unpaired) electrons. The van der Waals surface area contributed by atoms with Crippen LogP contribution >= 0.6 is 0 Å². The highest BCUT2D eigenvalue weighted by molar-refractivity contribution is 7.89. The zero-order valence-electron chi connectivity index (χ0n) is 18.3. The van der Waals surface area contributed by atoms with E-state index >= 15 is 0 Å². The minimum absolute atomic E-state index is 0.0780. The van der Waals surface area contributed by atoms with E-state index in [0.29, 0.717) is 36.8 Å². The minimum Gasteiger partial charge on any atom is -0.341 e. The van der Waals surface area contributed by atoms with Crippen LogP contribution in [0.2, 0.25) is 0 Å². The summed E-state index contributed by atoms with van der Waals surface area (Å²) in [7, 11) is -4.85. The summed E-state index contributed by atoms with van der Waals surface area (Å²) in [6.45, 7) is 2.91. The molecule has 0 saturated carbocycles. The van der Waals surface area contributed by atoms with Crippen LogP contribution in [-0.2, 0) is 27.5 Å². The average molecular weight is 501 g/mol. The molecule has 34 heavy (non-hydrogen) atoms. The molecule has 1 aliphatic rings. The second-order valence-electron chi connectivity index (χ2n) is 8.31. The van der Waals surface area contributed by atoms with E-state index < -0.39 is 44.4 Å². The van der Waals surface area contributed by atoms with Gasteiger partial charge in [0.05, 0.1) is 10.5 Å². The lowest BCUT2D eigenvalue weighted by atomic mass is 9.98. The number of rotatable bonds is 7. The summed E-state index contributed by atoms with van der Waals surface area (Å²) >= 11 is 0. The lowest BCUT2D eigenvalue weighted by molar-refractivity contribution is -0.140. The summed E-state index contributed by atoms with van der Waals surface area (Å²) < 4.78 is 83.4. The van der Waals surface area contributed by atoms with Gasteiger partial charge >= 0.3 is 6.18 Å². The SMILES string of the molecule is CC1CCN(C(=O)C(CCn2cccc2C#N)NS(=O)(=O)c2ccc(F)cc2C(F)(F)F)CC1. The Morgan fingerprint density at radius 1 is 1.26 bits per heavy atom.